The van der Waals surface area contributed by atoms with Crippen LogP contribution in [0.5, 0.6) is 0 Å². The number of hydrogen-bond donors (Lipinski definition) is 1. The van der Waals surface area contributed by atoms with Crippen LogP contribution >= 0.6 is 0 Å². The van der Waals surface area contributed by atoms with Crippen LogP contribution in [-0.4, -0.2) is 32.5 Å². The molecule has 18 heavy (non-hydrogen) atoms. The molecule has 1 aromatic rings. The highest BCUT2D eigenvalue weighted by Gasteiger charge is 2.17. The Morgan fingerprint density at radius 3 is 2.67 bits per heavy atom. The highest BCUT2D eigenvalue weighted by molar-refractivity contribution is 5.18. The van der Waals surface area contributed by atoms with E-state index in [0.29, 0.717) is 12.1 Å². The molecule has 1 heterocycles. The predicted molar refractivity (Wildman–Crippen MR) is 72.7 cm³/mol. The number of likely N-dealkylation sites (N-methyl/N-ethyl adjacent to an activating group) is 1. The number of rotatable bonds is 6. The fourth-order valence-corrected chi connectivity index (χ4v) is 2.28. The molecule has 3 heteroatoms. The monoisotopic (exact) mass is 249 g/mol. The molecule has 1 aliphatic rings. The molecule has 0 bridgehead atoms. The molecule has 1 atom stereocenters. The summed E-state index contributed by atoms with van der Waals surface area (Å²) in [6, 6.07) is 10.8. The first-order valence-electron chi connectivity index (χ1n) is 6.88. The number of benzene rings is 1. The average molecular weight is 249 g/mol. The van der Waals surface area contributed by atoms with Crippen molar-refractivity contribution < 1.29 is 9.47 Å². The van der Waals surface area contributed by atoms with Gasteiger partial charge < -0.3 is 14.8 Å². The van der Waals surface area contributed by atoms with Gasteiger partial charge in [-0.25, -0.2) is 0 Å². The molecular weight excluding hydrogens is 226 g/mol. The Balaban J connectivity index is 1.86. The van der Waals surface area contributed by atoms with E-state index >= 15 is 0 Å². The minimum atomic E-state index is 0.291. The highest BCUT2D eigenvalue weighted by Crippen LogP contribution is 2.17. The minimum absolute atomic E-state index is 0.291. The number of nitrogens with one attached hydrogen (secondary N) is 1. The normalized spacial score (nSPS) is 18.7. The van der Waals surface area contributed by atoms with Crippen molar-refractivity contribution in [3.63, 3.8) is 0 Å². The highest BCUT2D eigenvalue weighted by atomic mass is 16.5. The summed E-state index contributed by atoms with van der Waals surface area (Å²) in [5.41, 5.74) is 1.30. The van der Waals surface area contributed by atoms with Gasteiger partial charge in [0.2, 0.25) is 0 Å². The van der Waals surface area contributed by atoms with Crippen LogP contribution in [-0.2, 0) is 9.47 Å². The molecule has 0 amide bonds. The Morgan fingerprint density at radius 2 is 2.00 bits per heavy atom. The quantitative estimate of drug-likeness (QED) is 0.840. The van der Waals surface area contributed by atoms with Crippen molar-refractivity contribution in [1.29, 1.82) is 0 Å². The summed E-state index contributed by atoms with van der Waals surface area (Å²) in [6.07, 6.45) is 2.41. The topological polar surface area (TPSA) is 30.5 Å². The van der Waals surface area contributed by atoms with Gasteiger partial charge in [0.05, 0.1) is 18.8 Å². The Kier molecular flexibility index (Phi) is 5.65. The molecular formula is C15H23NO2. The van der Waals surface area contributed by atoms with E-state index in [-0.39, 0.29) is 0 Å². The molecule has 0 radical (unpaired) electrons. The van der Waals surface area contributed by atoms with Crippen molar-refractivity contribution in [3.05, 3.63) is 35.9 Å². The van der Waals surface area contributed by atoms with Gasteiger partial charge >= 0.3 is 0 Å². The van der Waals surface area contributed by atoms with E-state index < -0.39 is 0 Å². The summed E-state index contributed by atoms with van der Waals surface area (Å²) in [4.78, 5) is 0. The Hall–Kier alpha value is -0.900. The van der Waals surface area contributed by atoms with Gasteiger partial charge in [0.1, 0.15) is 0 Å². The molecule has 0 saturated carbocycles. The van der Waals surface area contributed by atoms with Gasteiger partial charge in [0.25, 0.3) is 0 Å². The third kappa shape index (κ3) is 4.09. The van der Waals surface area contributed by atoms with Crippen molar-refractivity contribution in [2.45, 2.75) is 31.9 Å². The zero-order valence-electron chi connectivity index (χ0n) is 11.1. The standard InChI is InChI=1S/C15H23NO2/c1-2-16-15(13-6-4-3-5-7-13)12-18-14-8-10-17-11-9-14/h3-7,14-16H,2,8-12H2,1H3. The van der Waals surface area contributed by atoms with Crippen molar-refractivity contribution in [3.8, 4) is 0 Å². The van der Waals surface area contributed by atoms with Crippen molar-refractivity contribution in [1.82, 2.24) is 5.32 Å². The largest absolute Gasteiger partial charge is 0.381 e. The smallest absolute Gasteiger partial charge is 0.0665 e. The fraction of sp³-hybridized carbons (Fsp3) is 0.600. The van der Waals surface area contributed by atoms with Crippen LogP contribution in [0.2, 0.25) is 0 Å². The number of ether oxygens (including phenoxy) is 2. The van der Waals surface area contributed by atoms with Crippen molar-refractivity contribution >= 4 is 0 Å². The maximum absolute atomic E-state index is 6.01. The molecule has 3 nitrogen and oxygen atoms in total. The fourth-order valence-electron chi connectivity index (χ4n) is 2.28. The van der Waals surface area contributed by atoms with Gasteiger partial charge in [-0.2, -0.15) is 0 Å². The summed E-state index contributed by atoms with van der Waals surface area (Å²) < 4.78 is 11.4. The van der Waals surface area contributed by atoms with Gasteiger partial charge in [0.15, 0.2) is 0 Å². The summed E-state index contributed by atoms with van der Waals surface area (Å²) in [5.74, 6) is 0. The second-order valence-corrected chi connectivity index (χ2v) is 4.67. The van der Waals surface area contributed by atoms with E-state index in [1.54, 1.807) is 0 Å². The van der Waals surface area contributed by atoms with Gasteiger partial charge in [0, 0.05) is 13.2 Å². The molecule has 1 aliphatic heterocycles. The van der Waals surface area contributed by atoms with Crippen LogP contribution in [0.1, 0.15) is 31.4 Å². The van der Waals surface area contributed by atoms with E-state index in [9.17, 15) is 0 Å². The summed E-state index contributed by atoms with van der Waals surface area (Å²) in [6.45, 7) is 5.49. The lowest BCUT2D eigenvalue weighted by Gasteiger charge is -2.26. The Bertz CT molecular complexity index is 323. The lowest BCUT2D eigenvalue weighted by Crippen LogP contribution is -2.30. The molecule has 1 saturated heterocycles. The first kappa shape index (κ1) is 13.5. The molecule has 1 aromatic carbocycles. The van der Waals surface area contributed by atoms with E-state index in [4.69, 9.17) is 9.47 Å². The predicted octanol–water partition coefficient (Wildman–Crippen LogP) is 2.53. The van der Waals surface area contributed by atoms with Gasteiger partial charge in [-0.15, -0.1) is 0 Å². The Morgan fingerprint density at radius 1 is 1.28 bits per heavy atom. The second kappa shape index (κ2) is 7.52. The molecule has 100 valence electrons. The summed E-state index contributed by atoms with van der Waals surface area (Å²) >= 11 is 0. The SMILES string of the molecule is CCNC(COC1CCOCC1)c1ccccc1. The maximum atomic E-state index is 6.01. The lowest BCUT2D eigenvalue weighted by atomic mass is 10.1. The average Bonchev–Trinajstić information content (AvgIpc) is 2.45. The minimum Gasteiger partial charge on any atom is -0.381 e. The Labute approximate surface area is 109 Å². The van der Waals surface area contributed by atoms with E-state index in [1.807, 2.05) is 6.07 Å². The van der Waals surface area contributed by atoms with Crippen LogP contribution in [0.3, 0.4) is 0 Å². The number of hydrogen-bond acceptors (Lipinski definition) is 3. The lowest BCUT2D eigenvalue weighted by molar-refractivity contribution is -0.0382. The van der Waals surface area contributed by atoms with Gasteiger partial charge in [-0.05, 0) is 24.9 Å². The van der Waals surface area contributed by atoms with E-state index in [0.717, 1.165) is 39.2 Å². The van der Waals surface area contributed by atoms with Crippen LogP contribution in [0.15, 0.2) is 30.3 Å². The molecule has 0 spiro atoms. The maximum Gasteiger partial charge on any atom is 0.0665 e. The first-order chi connectivity index (χ1) is 8.90. The van der Waals surface area contributed by atoms with E-state index in [1.165, 1.54) is 5.56 Å². The molecule has 0 aliphatic carbocycles. The molecule has 2 rings (SSSR count). The summed E-state index contributed by atoms with van der Waals surface area (Å²) in [7, 11) is 0. The zero-order chi connectivity index (χ0) is 12.6. The van der Waals surface area contributed by atoms with Crippen molar-refractivity contribution in [2.24, 2.45) is 0 Å². The molecule has 0 aromatic heterocycles. The summed E-state index contributed by atoms with van der Waals surface area (Å²) in [5, 5.41) is 3.48. The van der Waals surface area contributed by atoms with Crippen LogP contribution in [0.25, 0.3) is 0 Å². The van der Waals surface area contributed by atoms with Crippen LogP contribution < -0.4 is 5.32 Å². The third-order valence-electron chi connectivity index (χ3n) is 3.32. The van der Waals surface area contributed by atoms with Gasteiger partial charge in [-0.1, -0.05) is 37.3 Å². The van der Waals surface area contributed by atoms with Crippen LogP contribution in [0.4, 0.5) is 0 Å². The molecule has 1 N–H and O–H groups in total. The zero-order valence-corrected chi connectivity index (χ0v) is 11.1. The van der Waals surface area contributed by atoms with Crippen LogP contribution in [0, 0.1) is 0 Å². The van der Waals surface area contributed by atoms with Gasteiger partial charge in [-0.3, -0.25) is 0 Å². The third-order valence-corrected chi connectivity index (χ3v) is 3.32. The first-order valence-corrected chi connectivity index (χ1v) is 6.88. The second-order valence-electron chi connectivity index (χ2n) is 4.67. The van der Waals surface area contributed by atoms with Crippen molar-refractivity contribution in [2.75, 3.05) is 26.4 Å². The molecule has 1 unspecified atom stereocenters. The van der Waals surface area contributed by atoms with E-state index in [2.05, 4.69) is 36.5 Å². The molecule has 1 fully saturated rings.